The van der Waals surface area contributed by atoms with Crippen molar-refractivity contribution in [3.8, 4) is 11.5 Å². The number of aromatic nitrogens is 6. The topological polar surface area (TPSA) is 111 Å². The second-order valence-electron chi connectivity index (χ2n) is 4.91. The van der Waals surface area contributed by atoms with Crippen molar-refractivity contribution < 1.29 is 9.21 Å². The minimum absolute atomic E-state index is 0.159. The quantitative estimate of drug-likeness (QED) is 0.530. The molecule has 0 saturated carbocycles. The highest BCUT2D eigenvalue weighted by molar-refractivity contribution is 7.99. The fraction of sp³-hybridized carbons (Fsp3) is 0.143. The molecule has 0 bridgehead atoms. The second kappa shape index (κ2) is 6.61. The van der Waals surface area contributed by atoms with E-state index in [4.69, 9.17) is 4.42 Å². The van der Waals surface area contributed by atoms with Gasteiger partial charge < -0.3 is 4.42 Å². The van der Waals surface area contributed by atoms with Crippen LogP contribution in [-0.2, 0) is 4.79 Å². The van der Waals surface area contributed by atoms with Crippen LogP contribution in [0.2, 0.25) is 0 Å². The number of nitrogens with zero attached hydrogens (tertiary/aromatic N) is 6. The summed E-state index contributed by atoms with van der Waals surface area (Å²) in [4.78, 5) is 12.0. The third-order valence-electron chi connectivity index (χ3n) is 3.11. The molecule has 1 amide bonds. The van der Waals surface area contributed by atoms with Gasteiger partial charge in [0.1, 0.15) is 10.7 Å². The monoisotopic (exact) mass is 373 g/mol. The summed E-state index contributed by atoms with van der Waals surface area (Å²) >= 11 is 2.56. The first-order chi connectivity index (χ1) is 12.2. The summed E-state index contributed by atoms with van der Waals surface area (Å²) in [6.07, 6.45) is 1.59. The number of hydrogen-bond donors (Lipinski definition) is 1. The summed E-state index contributed by atoms with van der Waals surface area (Å²) in [7, 11) is 0. The minimum atomic E-state index is -0.194. The molecular weight excluding hydrogens is 362 g/mol. The summed E-state index contributed by atoms with van der Waals surface area (Å²) < 4.78 is 6.94. The largest absolute Gasteiger partial charge is 0.463 e. The minimum Gasteiger partial charge on any atom is -0.463 e. The third-order valence-corrected chi connectivity index (χ3v) is 4.79. The number of carbonyl (C=O) groups excluding carboxylic acids is 1. The van der Waals surface area contributed by atoms with Crippen molar-refractivity contribution in [2.45, 2.75) is 12.1 Å². The Balaban J connectivity index is 1.49. The molecule has 11 heteroatoms. The van der Waals surface area contributed by atoms with E-state index in [-0.39, 0.29) is 11.7 Å². The molecule has 0 unspecified atom stereocenters. The molecule has 0 aromatic carbocycles. The van der Waals surface area contributed by atoms with E-state index in [0.717, 1.165) is 5.01 Å². The molecule has 0 aliphatic carbocycles. The predicted molar refractivity (Wildman–Crippen MR) is 92.5 cm³/mol. The lowest BCUT2D eigenvalue weighted by molar-refractivity contribution is -0.113. The fourth-order valence-electron chi connectivity index (χ4n) is 2.05. The lowest BCUT2D eigenvalue weighted by Crippen LogP contribution is -2.14. The van der Waals surface area contributed by atoms with Crippen LogP contribution in [0.1, 0.15) is 5.01 Å². The maximum atomic E-state index is 12.0. The van der Waals surface area contributed by atoms with Gasteiger partial charge in [-0.3, -0.25) is 10.1 Å². The van der Waals surface area contributed by atoms with Crippen LogP contribution in [-0.4, -0.2) is 41.7 Å². The number of thioether (sulfide) groups is 1. The number of hydrogen-bond acceptors (Lipinski definition) is 9. The fourth-order valence-corrected chi connectivity index (χ4v) is 3.34. The summed E-state index contributed by atoms with van der Waals surface area (Å²) in [5.41, 5.74) is 1.26. The van der Waals surface area contributed by atoms with Crippen LogP contribution in [0.15, 0.2) is 40.1 Å². The average molecular weight is 373 g/mol. The summed E-state index contributed by atoms with van der Waals surface area (Å²) in [6, 6.07) is 7.22. The molecule has 0 aliphatic heterocycles. The van der Waals surface area contributed by atoms with E-state index in [0.29, 0.717) is 27.4 Å². The SMILES string of the molecule is Cc1nnc(NC(=O)CSc2nnc3ccc(-c4ccco4)nn23)s1. The van der Waals surface area contributed by atoms with Gasteiger partial charge in [-0.2, -0.15) is 9.61 Å². The number of rotatable bonds is 5. The molecule has 4 rings (SSSR count). The lowest BCUT2D eigenvalue weighted by Gasteiger charge is -2.01. The van der Waals surface area contributed by atoms with Crippen LogP contribution in [0, 0.1) is 6.92 Å². The highest BCUT2D eigenvalue weighted by atomic mass is 32.2. The standard InChI is InChI=1S/C14H11N7O2S2/c1-8-16-18-13(25-8)15-12(22)7-24-14-19-17-11-5-4-9(20-21(11)14)10-3-2-6-23-10/h2-6H,7H2,1H3,(H,15,18,22). The van der Waals surface area contributed by atoms with E-state index >= 15 is 0 Å². The van der Waals surface area contributed by atoms with Crippen LogP contribution in [0.4, 0.5) is 5.13 Å². The number of fused-ring (bicyclic) bond motifs is 1. The molecular formula is C14H11N7O2S2. The predicted octanol–water partition coefficient (Wildman–Crippen LogP) is 2.28. The molecule has 0 spiro atoms. The Hall–Kier alpha value is -2.79. The highest BCUT2D eigenvalue weighted by Gasteiger charge is 2.13. The van der Waals surface area contributed by atoms with E-state index in [1.165, 1.54) is 23.1 Å². The van der Waals surface area contributed by atoms with E-state index < -0.39 is 0 Å². The number of furan rings is 1. The molecule has 9 nitrogen and oxygen atoms in total. The Morgan fingerprint density at radius 3 is 2.96 bits per heavy atom. The van der Waals surface area contributed by atoms with Crippen LogP contribution >= 0.6 is 23.1 Å². The maximum Gasteiger partial charge on any atom is 0.236 e. The molecule has 126 valence electrons. The third kappa shape index (κ3) is 3.37. The molecule has 0 atom stereocenters. The summed E-state index contributed by atoms with van der Waals surface area (Å²) in [5, 5.41) is 24.8. The summed E-state index contributed by atoms with van der Waals surface area (Å²) in [6.45, 7) is 1.83. The van der Waals surface area contributed by atoms with Crippen LogP contribution < -0.4 is 5.32 Å². The maximum absolute atomic E-state index is 12.0. The van der Waals surface area contributed by atoms with Gasteiger partial charge in [0.25, 0.3) is 0 Å². The van der Waals surface area contributed by atoms with Crippen molar-refractivity contribution in [3.63, 3.8) is 0 Å². The zero-order valence-corrected chi connectivity index (χ0v) is 14.5. The number of anilines is 1. The van der Waals surface area contributed by atoms with Crippen molar-refractivity contribution >= 4 is 39.8 Å². The first-order valence-electron chi connectivity index (χ1n) is 7.18. The number of aryl methyl sites for hydroxylation is 1. The van der Waals surface area contributed by atoms with Crippen molar-refractivity contribution in [2.75, 3.05) is 11.1 Å². The van der Waals surface area contributed by atoms with E-state index in [2.05, 4.69) is 30.8 Å². The Bertz CT molecular complexity index is 1030. The molecule has 0 saturated heterocycles. The summed E-state index contributed by atoms with van der Waals surface area (Å²) in [5.74, 6) is 0.613. The Labute approximate surface area is 149 Å². The van der Waals surface area contributed by atoms with Gasteiger partial charge in [0.2, 0.25) is 16.2 Å². The van der Waals surface area contributed by atoms with Gasteiger partial charge in [0.05, 0.1) is 12.0 Å². The zero-order chi connectivity index (χ0) is 17.2. The first-order valence-corrected chi connectivity index (χ1v) is 8.98. The van der Waals surface area contributed by atoms with Crippen LogP contribution in [0.3, 0.4) is 0 Å². The molecule has 25 heavy (non-hydrogen) atoms. The molecule has 4 aromatic heterocycles. The van der Waals surface area contributed by atoms with Crippen molar-refractivity contribution in [3.05, 3.63) is 35.5 Å². The van der Waals surface area contributed by atoms with E-state index in [9.17, 15) is 4.79 Å². The smallest absolute Gasteiger partial charge is 0.236 e. The van der Waals surface area contributed by atoms with E-state index in [1.807, 2.05) is 19.1 Å². The Morgan fingerprint density at radius 1 is 1.28 bits per heavy atom. The van der Waals surface area contributed by atoms with Gasteiger partial charge in [0, 0.05) is 0 Å². The van der Waals surface area contributed by atoms with Crippen molar-refractivity contribution in [1.29, 1.82) is 0 Å². The average Bonchev–Trinajstić information content (AvgIpc) is 3.33. The van der Waals surface area contributed by atoms with Gasteiger partial charge >= 0.3 is 0 Å². The van der Waals surface area contributed by atoms with Gasteiger partial charge in [-0.05, 0) is 31.2 Å². The second-order valence-corrected chi connectivity index (χ2v) is 7.04. The van der Waals surface area contributed by atoms with Crippen LogP contribution in [0.5, 0.6) is 0 Å². The molecule has 0 radical (unpaired) electrons. The normalized spacial score (nSPS) is 11.1. The van der Waals surface area contributed by atoms with E-state index in [1.54, 1.807) is 22.9 Å². The Kier molecular flexibility index (Phi) is 4.15. The molecule has 4 heterocycles. The van der Waals surface area contributed by atoms with Gasteiger partial charge in [-0.25, -0.2) is 0 Å². The lowest BCUT2D eigenvalue weighted by atomic mass is 10.3. The van der Waals surface area contributed by atoms with Crippen LogP contribution in [0.25, 0.3) is 17.1 Å². The molecule has 0 fully saturated rings. The van der Waals surface area contributed by atoms with Crippen molar-refractivity contribution in [2.24, 2.45) is 0 Å². The first kappa shape index (κ1) is 15.7. The number of carbonyl (C=O) groups is 1. The van der Waals surface area contributed by atoms with Gasteiger partial charge in [0.15, 0.2) is 11.4 Å². The zero-order valence-electron chi connectivity index (χ0n) is 12.9. The number of amides is 1. The molecule has 1 N–H and O–H groups in total. The van der Waals surface area contributed by atoms with Gasteiger partial charge in [-0.15, -0.1) is 20.4 Å². The number of nitrogens with one attached hydrogen (secondary N) is 1. The highest BCUT2D eigenvalue weighted by Crippen LogP contribution is 2.21. The molecule has 4 aromatic rings. The van der Waals surface area contributed by atoms with Crippen molar-refractivity contribution in [1.82, 2.24) is 30.0 Å². The molecule has 0 aliphatic rings. The van der Waals surface area contributed by atoms with Gasteiger partial charge in [-0.1, -0.05) is 23.1 Å². The Morgan fingerprint density at radius 2 is 2.20 bits per heavy atom.